The molecule has 88 valence electrons. The molecule has 2 aromatic rings. The molecule has 2 N–H and O–H groups in total. The van der Waals surface area contributed by atoms with Crippen LogP contribution in [0.5, 0.6) is 0 Å². The molecule has 0 aliphatic heterocycles. The van der Waals surface area contributed by atoms with Crippen LogP contribution in [0.25, 0.3) is 0 Å². The third-order valence-corrected chi connectivity index (χ3v) is 3.37. The SMILES string of the molecule is Cc1nc(Cc2ccc([N+](=O)[O-])cc2)sc1N. The molecule has 5 nitrogen and oxygen atoms in total. The number of thiazole rings is 1. The van der Waals surface area contributed by atoms with Crippen LogP contribution in [0.4, 0.5) is 10.7 Å². The second-order valence-electron chi connectivity index (χ2n) is 3.66. The highest BCUT2D eigenvalue weighted by molar-refractivity contribution is 7.15. The second kappa shape index (κ2) is 4.50. The summed E-state index contributed by atoms with van der Waals surface area (Å²) >= 11 is 1.45. The monoisotopic (exact) mass is 249 g/mol. The third-order valence-electron chi connectivity index (χ3n) is 2.38. The Labute approximate surface area is 102 Å². The maximum atomic E-state index is 10.5. The summed E-state index contributed by atoms with van der Waals surface area (Å²) in [6.45, 7) is 1.87. The van der Waals surface area contributed by atoms with E-state index in [1.165, 1.54) is 23.5 Å². The third kappa shape index (κ3) is 2.59. The van der Waals surface area contributed by atoms with Gasteiger partial charge < -0.3 is 5.73 Å². The Kier molecular flexibility index (Phi) is 3.06. The molecule has 0 amide bonds. The normalized spacial score (nSPS) is 10.4. The Bertz CT molecular complexity index is 529. The number of hydrogen-bond donors (Lipinski definition) is 1. The van der Waals surface area contributed by atoms with Gasteiger partial charge in [0, 0.05) is 18.6 Å². The standard InChI is InChI=1S/C11H11N3O2S/c1-7-11(12)17-10(13-7)6-8-2-4-9(5-3-8)14(15)16/h2-5H,6,12H2,1H3. The number of anilines is 1. The molecule has 0 bridgehead atoms. The lowest BCUT2D eigenvalue weighted by molar-refractivity contribution is -0.384. The van der Waals surface area contributed by atoms with Crippen LogP contribution in [-0.4, -0.2) is 9.91 Å². The molecule has 0 atom stereocenters. The topological polar surface area (TPSA) is 82.0 Å². The zero-order valence-corrected chi connectivity index (χ0v) is 10.0. The van der Waals surface area contributed by atoms with Gasteiger partial charge in [-0.15, -0.1) is 11.3 Å². The van der Waals surface area contributed by atoms with E-state index in [1.807, 2.05) is 6.92 Å². The summed E-state index contributed by atoms with van der Waals surface area (Å²) in [4.78, 5) is 14.4. The number of hydrogen-bond acceptors (Lipinski definition) is 5. The first kappa shape index (κ1) is 11.5. The Morgan fingerprint density at radius 1 is 1.41 bits per heavy atom. The predicted molar refractivity (Wildman–Crippen MR) is 67.2 cm³/mol. The Morgan fingerprint density at radius 2 is 2.06 bits per heavy atom. The Balaban J connectivity index is 2.16. The summed E-state index contributed by atoms with van der Waals surface area (Å²) in [5.74, 6) is 0. The van der Waals surface area contributed by atoms with Gasteiger partial charge in [0.1, 0.15) is 5.00 Å². The molecule has 17 heavy (non-hydrogen) atoms. The van der Waals surface area contributed by atoms with Gasteiger partial charge in [-0.05, 0) is 12.5 Å². The van der Waals surface area contributed by atoms with Crippen molar-refractivity contribution in [2.24, 2.45) is 0 Å². The van der Waals surface area contributed by atoms with Gasteiger partial charge >= 0.3 is 0 Å². The minimum atomic E-state index is -0.407. The maximum Gasteiger partial charge on any atom is 0.269 e. The van der Waals surface area contributed by atoms with Gasteiger partial charge in [0.25, 0.3) is 5.69 Å². The number of nitro groups is 1. The molecule has 0 aliphatic rings. The zero-order valence-electron chi connectivity index (χ0n) is 9.21. The van der Waals surface area contributed by atoms with E-state index in [4.69, 9.17) is 5.73 Å². The molecule has 0 fully saturated rings. The molecule has 0 spiro atoms. The van der Waals surface area contributed by atoms with Crippen LogP contribution in [0.2, 0.25) is 0 Å². The molecule has 1 aromatic carbocycles. The van der Waals surface area contributed by atoms with Crippen LogP contribution in [0, 0.1) is 17.0 Å². The number of nitro benzene ring substituents is 1. The van der Waals surface area contributed by atoms with Gasteiger partial charge in [-0.2, -0.15) is 0 Å². The van der Waals surface area contributed by atoms with Crippen molar-refractivity contribution in [1.29, 1.82) is 0 Å². The number of nitrogens with zero attached hydrogens (tertiary/aromatic N) is 2. The number of aryl methyl sites for hydroxylation is 1. The molecular formula is C11H11N3O2S. The largest absolute Gasteiger partial charge is 0.389 e. The molecule has 0 aliphatic carbocycles. The zero-order chi connectivity index (χ0) is 12.4. The van der Waals surface area contributed by atoms with Gasteiger partial charge in [0.05, 0.1) is 15.6 Å². The van der Waals surface area contributed by atoms with Gasteiger partial charge in [-0.25, -0.2) is 4.98 Å². The average molecular weight is 249 g/mol. The highest BCUT2D eigenvalue weighted by Crippen LogP contribution is 2.23. The molecule has 1 aromatic heterocycles. The number of non-ortho nitro benzene ring substituents is 1. The van der Waals surface area contributed by atoms with Crippen LogP contribution in [-0.2, 0) is 6.42 Å². The second-order valence-corrected chi connectivity index (χ2v) is 4.77. The fourth-order valence-electron chi connectivity index (χ4n) is 1.45. The molecule has 0 radical (unpaired) electrons. The Hall–Kier alpha value is -1.95. The van der Waals surface area contributed by atoms with Crippen molar-refractivity contribution in [3.05, 3.63) is 50.6 Å². The van der Waals surface area contributed by atoms with Gasteiger partial charge in [0.15, 0.2) is 0 Å². The number of rotatable bonds is 3. The summed E-state index contributed by atoms with van der Waals surface area (Å²) in [5.41, 5.74) is 7.66. The first-order chi connectivity index (χ1) is 8.06. The number of benzene rings is 1. The smallest absolute Gasteiger partial charge is 0.269 e. The lowest BCUT2D eigenvalue weighted by Crippen LogP contribution is -1.90. The highest BCUT2D eigenvalue weighted by atomic mass is 32.1. The first-order valence-electron chi connectivity index (χ1n) is 5.01. The average Bonchev–Trinajstić information content (AvgIpc) is 2.58. The van der Waals surface area contributed by atoms with E-state index in [-0.39, 0.29) is 5.69 Å². The van der Waals surface area contributed by atoms with Crippen molar-refractivity contribution < 1.29 is 4.92 Å². The predicted octanol–water partition coefficient (Wildman–Crippen LogP) is 2.53. The van der Waals surface area contributed by atoms with E-state index in [0.717, 1.165) is 21.3 Å². The molecule has 0 unspecified atom stereocenters. The van der Waals surface area contributed by atoms with Crippen LogP contribution < -0.4 is 5.73 Å². The van der Waals surface area contributed by atoms with E-state index >= 15 is 0 Å². The summed E-state index contributed by atoms with van der Waals surface area (Å²) in [5, 5.41) is 12.1. The molecule has 0 saturated heterocycles. The minimum absolute atomic E-state index is 0.101. The van der Waals surface area contributed by atoms with Crippen molar-refractivity contribution in [2.75, 3.05) is 5.73 Å². The number of nitrogen functional groups attached to an aromatic ring is 1. The van der Waals surface area contributed by atoms with Crippen molar-refractivity contribution in [3.63, 3.8) is 0 Å². The highest BCUT2D eigenvalue weighted by Gasteiger charge is 2.07. The van der Waals surface area contributed by atoms with E-state index in [9.17, 15) is 10.1 Å². The van der Waals surface area contributed by atoms with Crippen LogP contribution in [0.3, 0.4) is 0 Å². The first-order valence-corrected chi connectivity index (χ1v) is 5.83. The van der Waals surface area contributed by atoms with E-state index in [1.54, 1.807) is 12.1 Å². The fraction of sp³-hybridized carbons (Fsp3) is 0.182. The van der Waals surface area contributed by atoms with E-state index < -0.39 is 4.92 Å². The Morgan fingerprint density at radius 3 is 2.53 bits per heavy atom. The lowest BCUT2D eigenvalue weighted by Gasteiger charge is -1.97. The number of nitrogens with two attached hydrogens (primary N) is 1. The van der Waals surface area contributed by atoms with Gasteiger partial charge in [-0.3, -0.25) is 10.1 Å². The molecular weight excluding hydrogens is 238 g/mol. The van der Waals surface area contributed by atoms with E-state index in [2.05, 4.69) is 4.98 Å². The quantitative estimate of drug-likeness (QED) is 0.669. The van der Waals surface area contributed by atoms with Gasteiger partial charge in [-0.1, -0.05) is 12.1 Å². The van der Waals surface area contributed by atoms with Gasteiger partial charge in [0.2, 0.25) is 0 Å². The summed E-state index contributed by atoms with van der Waals surface area (Å²) < 4.78 is 0. The van der Waals surface area contributed by atoms with Crippen LogP contribution >= 0.6 is 11.3 Å². The summed E-state index contributed by atoms with van der Waals surface area (Å²) in [6.07, 6.45) is 0.653. The number of aromatic nitrogens is 1. The fourth-order valence-corrected chi connectivity index (χ4v) is 2.32. The summed E-state index contributed by atoms with van der Waals surface area (Å²) in [7, 11) is 0. The molecule has 0 saturated carbocycles. The summed E-state index contributed by atoms with van der Waals surface area (Å²) in [6, 6.07) is 6.48. The maximum absolute atomic E-state index is 10.5. The van der Waals surface area contributed by atoms with Crippen molar-refractivity contribution in [2.45, 2.75) is 13.3 Å². The molecule has 2 rings (SSSR count). The van der Waals surface area contributed by atoms with Crippen LogP contribution in [0.1, 0.15) is 16.3 Å². The molecule has 6 heteroatoms. The van der Waals surface area contributed by atoms with E-state index in [0.29, 0.717) is 6.42 Å². The van der Waals surface area contributed by atoms with Crippen molar-refractivity contribution in [3.8, 4) is 0 Å². The van der Waals surface area contributed by atoms with Crippen molar-refractivity contribution in [1.82, 2.24) is 4.98 Å². The van der Waals surface area contributed by atoms with Crippen LogP contribution in [0.15, 0.2) is 24.3 Å². The minimum Gasteiger partial charge on any atom is -0.389 e. The van der Waals surface area contributed by atoms with Crippen molar-refractivity contribution >= 4 is 22.0 Å². The lowest BCUT2D eigenvalue weighted by atomic mass is 10.1. The molecule has 1 heterocycles.